The van der Waals surface area contributed by atoms with Gasteiger partial charge in [-0.3, -0.25) is 9.88 Å². The van der Waals surface area contributed by atoms with Crippen molar-refractivity contribution in [3.63, 3.8) is 0 Å². The van der Waals surface area contributed by atoms with Crippen molar-refractivity contribution in [3.05, 3.63) is 36.5 Å². The van der Waals surface area contributed by atoms with Gasteiger partial charge in [0.05, 0.1) is 6.54 Å². The minimum absolute atomic E-state index is 0.148. The summed E-state index contributed by atoms with van der Waals surface area (Å²) >= 11 is 0. The lowest BCUT2D eigenvalue weighted by Crippen LogP contribution is -2.43. The fraction of sp³-hybridized carbons (Fsp3) is 0.421. The van der Waals surface area contributed by atoms with E-state index in [-0.39, 0.29) is 13.0 Å². The van der Waals surface area contributed by atoms with Crippen molar-refractivity contribution < 1.29 is 24.2 Å². The monoisotopic (exact) mass is 358 g/mol. The van der Waals surface area contributed by atoms with E-state index in [0.29, 0.717) is 11.3 Å². The molecule has 1 aliphatic rings. The van der Waals surface area contributed by atoms with Gasteiger partial charge in [0.15, 0.2) is 0 Å². The Labute approximate surface area is 151 Å². The Hall–Kier alpha value is -2.83. The second kappa shape index (κ2) is 6.82. The molecule has 2 atom stereocenters. The number of carbonyl (C=O) groups excluding carboxylic acids is 1. The average Bonchev–Trinajstić information content (AvgIpc) is 2.98. The number of hydrogen-bond acceptors (Lipinski definition) is 5. The van der Waals surface area contributed by atoms with Crippen LogP contribution < -0.4 is 4.74 Å². The molecular weight excluding hydrogens is 336 g/mol. The normalized spacial score (nSPS) is 20.2. The molecule has 2 heterocycles. The van der Waals surface area contributed by atoms with Crippen LogP contribution in [0.1, 0.15) is 27.2 Å². The summed E-state index contributed by atoms with van der Waals surface area (Å²) in [5, 5.41) is 10.4. The Bertz CT molecular complexity index is 825. The molecule has 2 aromatic rings. The van der Waals surface area contributed by atoms with Crippen molar-refractivity contribution in [1.29, 1.82) is 0 Å². The van der Waals surface area contributed by atoms with E-state index >= 15 is 0 Å². The Morgan fingerprint density at radius 3 is 2.65 bits per heavy atom. The maximum absolute atomic E-state index is 12.4. The van der Waals surface area contributed by atoms with Crippen molar-refractivity contribution in [2.75, 3.05) is 6.54 Å². The van der Waals surface area contributed by atoms with Crippen molar-refractivity contribution in [1.82, 2.24) is 9.88 Å². The quantitative estimate of drug-likeness (QED) is 0.907. The molecule has 1 N–H and O–H groups in total. The molecule has 7 nitrogen and oxygen atoms in total. The number of likely N-dealkylation sites (tertiary alicyclic amines) is 1. The Morgan fingerprint density at radius 2 is 1.96 bits per heavy atom. The first-order chi connectivity index (χ1) is 12.2. The van der Waals surface area contributed by atoms with Crippen LogP contribution in [-0.2, 0) is 9.53 Å². The number of carbonyl (C=O) groups is 2. The fourth-order valence-corrected chi connectivity index (χ4v) is 2.99. The third kappa shape index (κ3) is 3.87. The molecule has 1 aromatic heterocycles. The molecule has 7 heteroatoms. The molecule has 1 aromatic carbocycles. The summed E-state index contributed by atoms with van der Waals surface area (Å²) in [6.45, 7) is 5.38. The second-order valence-corrected chi connectivity index (χ2v) is 7.29. The summed E-state index contributed by atoms with van der Waals surface area (Å²) in [6.07, 6.45) is 0.776. The number of aromatic nitrogens is 1. The van der Waals surface area contributed by atoms with Crippen LogP contribution in [-0.4, -0.2) is 51.3 Å². The zero-order chi connectivity index (χ0) is 18.9. The standard InChI is InChI=1S/C19H22N2O5/c1-19(2,3)26-18(24)21-11-13(10-14(21)17(22)23)25-15-8-4-6-12-7-5-9-20-16(12)15/h4-9,13-14H,10-11H2,1-3H3,(H,22,23). The SMILES string of the molecule is CC(C)(C)OC(=O)N1CC(Oc2cccc3cccnc23)CC1C(=O)O. The van der Waals surface area contributed by atoms with Gasteiger partial charge in [-0.2, -0.15) is 0 Å². The lowest BCUT2D eigenvalue weighted by atomic mass is 10.2. The van der Waals surface area contributed by atoms with E-state index < -0.39 is 29.8 Å². The first-order valence-corrected chi connectivity index (χ1v) is 8.47. The highest BCUT2D eigenvalue weighted by molar-refractivity contribution is 5.84. The predicted molar refractivity (Wildman–Crippen MR) is 95.1 cm³/mol. The van der Waals surface area contributed by atoms with E-state index in [9.17, 15) is 14.7 Å². The largest absolute Gasteiger partial charge is 0.486 e. The zero-order valence-electron chi connectivity index (χ0n) is 15.0. The molecule has 0 saturated carbocycles. The van der Waals surface area contributed by atoms with E-state index in [2.05, 4.69) is 4.98 Å². The van der Waals surface area contributed by atoms with Crippen molar-refractivity contribution >= 4 is 23.0 Å². The highest BCUT2D eigenvalue weighted by atomic mass is 16.6. The number of rotatable bonds is 3. The van der Waals surface area contributed by atoms with Gasteiger partial charge in [-0.25, -0.2) is 9.59 Å². The predicted octanol–water partition coefficient (Wildman–Crippen LogP) is 3.08. The minimum atomic E-state index is -1.07. The van der Waals surface area contributed by atoms with Gasteiger partial charge in [0, 0.05) is 18.0 Å². The Kier molecular flexibility index (Phi) is 4.71. The summed E-state index contributed by atoms with van der Waals surface area (Å²) < 4.78 is 11.3. The van der Waals surface area contributed by atoms with Gasteiger partial charge < -0.3 is 14.6 Å². The van der Waals surface area contributed by atoms with Crippen molar-refractivity contribution in [2.24, 2.45) is 0 Å². The van der Waals surface area contributed by atoms with E-state index in [1.54, 1.807) is 33.0 Å². The zero-order valence-corrected chi connectivity index (χ0v) is 15.0. The first-order valence-electron chi connectivity index (χ1n) is 8.47. The van der Waals surface area contributed by atoms with Crippen LogP contribution >= 0.6 is 0 Å². The molecule has 138 valence electrons. The summed E-state index contributed by atoms with van der Waals surface area (Å²) in [6, 6.07) is 8.37. The molecule has 26 heavy (non-hydrogen) atoms. The summed E-state index contributed by atoms with van der Waals surface area (Å²) in [5.74, 6) is -0.499. The van der Waals surface area contributed by atoms with E-state index in [1.807, 2.05) is 24.3 Å². The first kappa shape index (κ1) is 18.0. The van der Waals surface area contributed by atoms with Gasteiger partial charge in [0.25, 0.3) is 0 Å². The third-order valence-electron chi connectivity index (χ3n) is 4.07. The second-order valence-electron chi connectivity index (χ2n) is 7.29. The summed E-state index contributed by atoms with van der Waals surface area (Å²) in [4.78, 5) is 29.5. The number of amides is 1. The third-order valence-corrected chi connectivity index (χ3v) is 4.07. The van der Waals surface area contributed by atoms with Gasteiger partial charge >= 0.3 is 12.1 Å². The molecule has 0 spiro atoms. The number of benzene rings is 1. The number of carboxylic acids is 1. The molecule has 3 rings (SSSR count). The van der Waals surface area contributed by atoms with E-state index in [4.69, 9.17) is 9.47 Å². The molecule has 0 bridgehead atoms. The Morgan fingerprint density at radius 1 is 1.23 bits per heavy atom. The van der Waals surface area contributed by atoms with Crippen molar-refractivity contribution in [2.45, 2.75) is 44.9 Å². The molecule has 1 saturated heterocycles. The smallest absolute Gasteiger partial charge is 0.411 e. The van der Waals surface area contributed by atoms with Gasteiger partial charge in [-0.05, 0) is 32.9 Å². The lowest BCUT2D eigenvalue weighted by Gasteiger charge is -2.26. The van der Waals surface area contributed by atoms with Gasteiger partial charge in [-0.15, -0.1) is 0 Å². The number of para-hydroxylation sites is 1. The molecule has 1 fully saturated rings. The van der Waals surface area contributed by atoms with Crippen molar-refractivity contribution in [3.8, 4) is 5.75 Å². The van der Waals surface area contributed by atoms with Crippen LogP contribution in [0.5, 0.6) is 5.75 Å². The van der Waals surface area contributed by atoms with Crippen LogP contribution in [0, 0.1) is 0 Å². The number of ether oxygens (including phenoxy) is 2. The number of carboxylic acid groups (broad SMARTS) is 1. The van der Waals surface area contributed by atoms with E-state index in [1.165, 1.54) is 4.90 Å². The maximum Gasteiger partial charge on any atom is 0.411 e. The molecule has 2 unspecified atom stereocenters. The van der Waals surface area contributed by atoms with Crippen LogP contribution in [0.25, 0.3) is 10.9 Å². The summed E-state index contributed by atoms with van der Waals surface area (Å²) in [7, 11) is 0. The molecule has 1 amide bonds. The average molecular weight is 358 g/mol. The Balaban J connectivity index is 1.79. The molecule has 0 radical (unpaired) electrons. The number of nitrogens with zero attached hydrogens (tertiary/aromatic N) is 2. The molecule has 1 aliphatic heterocycles. The van der Waals surface area contributed by atoms with Crippen LogP contribution in [0.15, 0.2) is 36.5 Å². The highest BCUT2D eigenvalue weighted by Crippen LogP contribution is 2.29. The van der Waals surface area contributed by atoms with Crippen LogP contribution in [0.2, 0.25) is 0 Å². The maximum atomic E-state index is 12.4. The number of aliphatic carboxylic acids is 1. The minimum Gasteiger partial charge on any atom is -0.486 e. The van der Waals surface area contributed by atoms with Gasteiger partial charge in [0.2, 0.25) is 0 Å². The van der Waals surface area contributed by atoms with Gasteiger partial charge in [0.1, 0.15) is 29.0 Å². The van der Waals surface area contributed by atoms with Crippen LogP contribution in [0.3, 0.4) is 0 Å². The fourth-order valence-electron chi connectivity index (χ4n) is 2.99. The lowest BCUT2D eigenvalue weighted by molar-refractivity contribution is -0.142. The van der Waals surface area contributed by atoms with Gasteiger partial charge in [-0.1, -0.05) is 18.2 Å². The number of fused-ring (bicyclic) bond motifs is 1. The number of pyridine rings is 1. The summed E-state index contributed by atoms with van der Waals surface area (Å²) in [5.41, 5.74) is 0.0103. The number of hydrogen-bond donors (Lipinski definition) is 1. The molecular formula is C19H22N2O5. The highest BCUT2D eigenvalue weighted by Gasteiger charge is 2.42. The topological polar surface area (TPSA) is 89.0 Å². The molecule has 0 aliphatic carbocycles. The van der Waals surface area contributed by atoms with E-state index in [0.717, 1.165) is 5.39 Å². The van der Waals surface area contributed by atoms with Crippen LogP contribution in [0.4, 0.5) is 4.79 Å².